The Morgan fingerprint density at radius 1 is 1.07 bits per heavy atom. The molecular formula is C23H32N2O4S. The van der Waals surface area contributed by atoms with Gasteiger partial charge in [-0.25, -0.2) is 8.42 Å². The molecule has 2 aromatic carbocycles. The minimum absolute atomic E-state index is 0.121. The van der Waals surface area contributed by atoms with Crippen LogP contribution in [0.15, 0.2) is 42.5 Å². The summed E-state index contributed by atoms with van der Waals surface area (Å²) in [7, 11) is -3.43. The maximum absolute atomic E-state index is 12.3. The summed E-state index contributed by atoms with van der Waals surface area (Å²) in [5.41, 5.74) is 3.89. The number of aryl methyl sites for hydroxylation is 3. The lowest BCUT2D eigenvalue weighted by Gasteiger charge is -2.24. The largest absolute Gasteiger partial charge is 0.491 e. The van der Waals surface area contributed by atoms with Crippen LogP contribution in [0, 0.1) is 20.8 Å². The summed E-state index contributed by atoms with van der Waals surface area (Å²) < 4.78 is 31.5. The molecule has 1 N–H and O–H groups in total. The van der Waals surface area contributed by atoms with Gasteiger partial charge < -0.3 is 10.1 Å². The molecule has 0 saturated heterocycles. The number of benzene rings is 2. The number of sulfonamides is 1. The molecule has 0 spiro atoms. The van der Waals surface area contributed by atoms with Crippen molar-refractivity contribution >= 4 is 21.6 Å². The first-order valence-electron chi connectivity index (χ1n) is 10.1. The number of anilines is 1. The van der Waals surface area contributed by atoms with Crippen molar-refractivity contribution in [3.63, 3.8) is 0 Å². The number of para-hydroxylation sites is 1. The lowest BCUT2D eigenvalue weighted by atomic mass is 10.1. The third kappa shape index (κ3) is 7.06. The van der Waals surface area contributed by atoms with Crippen LogP contribution in [0.1, 0.15) is 36.5 Å². The standard InChI is InChI=1S/C23H32N2O4S/c1-17-12-13-21(15-19(17)3)29-16-20(4)24-23(26)11-8-14-25(30(5,27)28)22-10-7-6-9-18(22)2/h6-7,9-10,12-13,15,20H,8,11,14,16H2,1-5H3,(H,24,26)/t20-/m0/s1. The summed E-state index contributed by atoms with van der Waals surface area (Å²) in [6.45, 7) is 8.46. The van der Waals surface area contributed by atoms with E-state index in [1.165, 1.54) is 16.1 Å². The summed E-state index contributed by atoms with van der Waals surface area (Å²) in [6, 6.07) is 13.1. The molecule has 0 fully saturated rings. The van der Waals surface area contributed by atoms with Crippen LogP contribution in [0.4, 0.5) is 5.69 Å². The van der Waals surface area contributed by atoms with E-state index in [1.807, 2.05) is 64.1 Å². The first kappa shape index (κ1) is 23.7. The van der Waals surface area contributed by atoms with Crippen molar-refractivity contribution in [2.75, 3.05) is 23.7 Å². The highest BCUT2D eigenvalue weighted by atomic mass is 32.2. The number of nitrogens with one attached hydrogen (secondary N) is 1. The number of hydrogen-bond donors (Lipinski definition) is 1. The average molecular weight is 433 g/mol. The monoisotopic (exact) mass is 432 g/mol. The fraction of sp³-hybridized carbons (Fsp3) is 0.435. The Morgan fingerprint density at radius 3 is 2.40 bits per heavy atom. The van der Waals surface area contributed by atoms with E-state index in [0.29, 0.717) is 18.7 Å². The number of amides is 1. The third-order valence-corrected chi connectivity index (χ3v) is 6.12. The average Bonchev–Trinajstić information content (AvgIpc) is 2.66. The van der Waals surface area contributed by atoms with Crippen LogP contribution in [-0.2, 0) is 14.8 Å². The summed E-state index contributed by atoms with van der Waals surface area (Å²) in [5, 5.41) is 2.91. The molecule has 0 saturated carbocycles. The van der Waals surface area contributed by atoms with Crippen molar-refractivity contribution in [3.8, 4) is 5.75 Å². The van der Waals surface area contributed by atoms with Gasteiger partial charge in [0.1, 0.15) is 12.4 Å². The van der Waals surface area contributed by atoms with E-state index in [9.17, 15) is 13.2 Å². The molecule has 0 aromatic heterocycles. The Bertz CT molecular complexity index is 973. The summed E-state index contributed by atoms with van der Waals surface area (Å²) in [5.74, 6) is 0.658. The molecule has 0 unspecified atom stereocenters. The van der Waals surface area contributed by atoms with Crippen LogP contribution in [0.5, 0.6) is 5.75 Å². The van der Waals surface area contributed by atoms with Crippen molar-refractivity contribution in [2.45, 2.75) is 46.6 Å². The maximum atomic E-state index is 12.3. The first-order chi connectivity index (χ1) is 14.1. The SMILES string of the molecule is Cc1ccc(OC[C@H](C)NC(=O)CCCN(c2ccccc2C)S(C)(=O)=O)cc1C. The van der Waals surface area contributed by atoms with E-state index in [2.05, 4.69) is 5.32 Å². The molecule has 0 radical (unpaired) electrons. The van der Waals surface area contributed by atoms with Crippen LogP contribution in [0.25, 0.3) is 0 Å². The zero-order valence-corrected chi connectivity index (χ0v) is 19.3. The molecule has 164 valence electrons. The summed E-state index contributed by atoms with van der Waals surface area (Å²) >= 11 is 0. The minimum atomic E-state index is -3.43. The topological polar surface area (TPSA) is 75.7 Å². The van der Waals surface area contributed by atoms with Gasteiger partial charge in [0.25, 0.3) is 0 Å². The summed E-state index contributed by atoms with van der Waals surface area (Å²) in [4.78, 5) is 12.3. The van der Waals surface area contributed by atoms with Crippen LogP contribution < -0.4 is 14.4 Å². The zero-order valence-electron chi connectivity index (χ0n) is 18.4. The second-order valence-corrected chi connectivity index (χ2v) is 9.66. The fourth-order valence-electron chi connectivity index (χ4n) is 3.10. The van der Waals surface area contributed by atoms with E-state index in [4.69, 9.17) is 4.74 Å². The molecule has 2 aromatic rings. The van der Waals surface area contributed by atoms with Crippen molar-refractivity contribution in [1.82, 2.24) is 5.32 Å². The van der Waals surface area contributed by atoms with E-state index >= 15 is 0 Å². The Morgan fingerprint density at radius 2 is 1.77 bits per heavy atom. The van der Waals surface area contributed by atoms with Gasteiger partial charge >= 0.3 is 0 Å². The van der Waals surface area contributed by atoms with Gasteiger partial charge in [-0.2, -0.15) is 0 Å². The van der Waals surface area contributed by atoms with Crippen LogP contribution in [0.2, 0.25) is 0 Å². The maximum Gasteiger partial charge on any atom is 0.232 e. The van der Waals surface area contributed by atoms with E-state index in [1.54, 1.807) is 6.07 Å². The minimum Gasteiger partial charge on any atom is -0.491 e. The Kier molecular flexibility index (Phi) is 8.29. The molecule has 6 nitrogen and oxygen atoms in total. The number of carbonyl (C=O) groups is 1. The second-order valence-electron chi connectivity index (χ2n) is 7.75. The predicted molar refractivity (Wildman–Crippen MR) is 122 cm³/mol. The molecule has 30 heavy (non-hydrogen) atoms. The number of carbonyl (C=O) groups excluding carboxylic acids is 1. The van der Waals surface area contributed by atoms with Gasteiger partial charge in [-0.3, -0.25) is 9.10 Å². The Labute approximate surface area is 180 Å². The quantitative estimate of drug-likeness (QED) is 0.621. The van der Waals surface area contributed by atoms with Crippen molar-refractivity contribution < 1.29 is 17.9 Å². The van der Waals surface area contributed by atoms with Gasteiger partial charge in [0, 0.05) is 13.0 Å². The Hall–Kier alpha value is -2.54. The van der Waals surface area contributed by atoms with Crippen LogP contribution in [-0.4, -0.2) is 39.8 Å². The smallest absolute Gasteiger partial charge is 0.232 e. The van der Waals surface area contributed by atoms with E-state index < -0.39 is 10.0 Å². The van der Waals surface area contributed by atoms with Gasteiger partial charge in [0.15, 0.2) is 0 Å². The molecular weight excluding hydrogens is 400 g/mol. The highest BCUT2D eigenvalue weighted by Crippen LogP contribution is 2.22. The molecule has 1 amide bonds. The molecule has 0 aliphatic rings. The molecule has 7 heteroatoms. The van der Waals surface area contributed by atoms with Crippen LogP contribution >= 0.6 is 0 Å². The molecule has 0 aliphatic carbocycles. The molecule has 2 rings (SSSR count). The third-order valence-electron chi connectivity index (χ3n) is 4.94. The number of ether oxygens (including phenoxy) is 1. The number of rotatable bonds is 10. The molecule has 1 atom stereocenters. The first-order valence-corrected chi connectivity index (χ1v) is 12.0. The van der Waals surface area contributed by atoms with Gasteiger partial charge in [-0.15, -0.1) is 0 Å². The van der Waals surface area contributed by atoms with Crippen molar-refractivity contribution in [3.05, 3.63) is 59.2 Å². The van der Waals surface area contributed by atoms with Crippen molar-refractivity contribution in [1.29, 1.82) is 0 Å². The summed E-state index contributed by atoms with van der Waals surface area (Å²) in [6.07, 6.45) is 1.86. The highest BCUT2D eigenvalue weighted by molar-refractivity contribution is 7.92. The van der Waals surface area contributed by atoms with E-state index in [-0.39, 0.29) is 24.9 Å². The van der Waals surface area contributed by atoms with Gasteiger partial charge in [0.2, 0.25) is 15.9 Å². The van der Waals surface area contributed by atoms with Gasteiger partial charge in [0.05, 0.1) is 18.0 Å². The Balaban J connectivity index is 1.82. The molecule has 0 aliphatic heterocycles. The molecule has 0 heterocycles. The number of nitrogens with zero attached hydrogens (tertiary/aromatic N) is 1. The normalized spacial score (nSPS) is 12.3. The van der Waals surface area contributed by atoms with Gasteiger partial charge in [-0.05, 0) is 69.0 Å². The van der Waals surface area contributed by atoms with Gasteiger partial charge in [-0.1, -0.05) is 24.3 Å². The fourth-order valence-corrected chi connectivity index (χ4v) is 4.13. The van der Waals surface area contributed by atoms with Crippen molar-refractivity contribution in [2.24, 2.45) is 0 Å². The predicted octanol–water partition coefficient (Wildman–Crippen LogP) is 3.74. The number of hydrogen-bond acceptors (Lipinski definition) is 4. The van der Waals surface area contributed by atoms with Crippen LogP contribution in [0.3, 0.4) is 0 Å². The second kappa shape index (κ2) is 10.5. The lowest BCUT2D eigenvalue weighted by Crippen LogP contribution is -2.37. The van der Waals surface area contributed by atoms with E-state index in [0.717, 1.165) is 16.9 Å². The highest BCUT2D eigenvalue weighted by Gasteiger charge is 2.19. The lowest BCUT2D eigenvalue weighted by molar-refractivity contribution is -0.121. The zero-order chi connectivity index (χ0) is 22.3. The molecule has 0 bridgehead atoms.